The highest BCUT2D eigenvalue weighted by Crippen LogP contribution is 2.28. The average Bonchev–Trinajstić information content (AvgIpc) is 2.56. The van der Waals surface area contributed by atoms with Gasteiger partial charge in [-0.25, -0.2) is 12.7 Å². The van der Waals surface area contributed by atoms with Crippen LogP contribution in [-0.4, -0.2) is 39.8 Å². The molecule has 0 atom stereocenters. The minimum atomic E-state index is -3.75. The number of ether oxygens (including phenoxy) is 1. The quantitative estimate of drug-likeness (QED) is 0.880. The van der Waals surface area contributed by atoms with E-state index in [2.05, 4.69) is 5.32 Å². The van der Waals surface area contributed by atoms with E-state index in [0.29, 0.717) is 10.7 Å². The van der Waals surface area contributed by atoms with Gasteiger partial charge in [0, 0.05) is 19.7 Å². The molecular weight excluding hydrogens is 352 g/mol. The lowest BCUT2D eigenvalue weighted by molar-refractivity contribution is 0.102. The van der Waals surface area contributed by atoms with Crippen molar-refractivity contribution in [3.05, 3.63) is 53.1 Å². The molecule has 0 aromatic heterocycles. The van der Waals surface area contributed by atoms with Crippen molar-refractivity contribution in [1.29, 1.82) is 0 Å². The van der Waals surface area contributed by atoms with E-state index in [1.165, 1.54) is 39.4 Å². The lowest BCUT2D eigenvalue weighted by atomic mass is 10.2. The number of carbonyl (C=O) groups is 1. The maximum Gasteiger partial charge on any atom is 0.255 e. The summed E-state index contributed by atoms with van der Waals surface area (Å²) < 4.78 is 30.9. The van der Waals surface area contributed by atoms with Gasteiger partial charge in [0.2, 0.25) is 10.0 Å². The van der Waals surface area contributed by atoms with Gasteiger partial charge in [0.05, 0.1) is 17.8 Å². The summed E-state index contributed by atoms with van der Waals surface area (Å²) in [6.45, 7) is 0. The number of amides is 1. The van der Waals surface area contributed by atoms with Crippen molar-refractivity contribution in [1.82, 2.24) is 4.31 Å². The number of halogens is 1. The number of nitrogens with zero attached hydrogens (tertiary/aromatic N) is 1. The van der Waals surface area contributed by atoms with Gasteiger partial charge in [-0.05, 0) is 30.3 Å². The van der Waals surface area contributed by atoms with Crippen molar-refractivity contribution < 1.29 is 17.9 Å². The van der Waals surface area contributed by atoms with Crippen molar-refractivity contribution in [3.8, 4) is 5.75 Å². The van der Waals surface area contributed by atoms with Crippen molar-refractivity contribution >= 4 is 33.2 Å². The van der Waals surface area contributed by atoms with E-state index >= 15 is 0 Å². The molecule has 0 aliphatic carbocycles. The zero-order valence-electron chi connectivity index (χ0n) is 13.4. The van der Waals surface area contributed by atoms with Crippen LogP contribution < -0.4 is 10.1 Å². The molecule has 2 aromatic rings. The van der Waals surface area contributed by atoms with Gasteiger partial charge < -0.3 is 10.1 Å². The molecule has 0 fully saturated rings. The molecule has 0 aliphatic rings. The molecule has 2 rings (SSSR count). The minimum Gasteiger partial charge on any atom is -0.495 e. The summed E-state index contributed by atoms with van der Waals surface area (Å²) in [5, 5.41) is 3.04. The van der Waals surface area contributed by atoms with Crippen molar-refractivity contribution in [2.24, 2.45) is 0 Å². The number of benzene rings is 2. The highest BCUT2D eigenvalue weighted by molar-refractivity contribution is 7.89. The van der Waals surface area contributed by atoms with Crippen LogP contribution in [0, 0.1) is 0 Å². The van der Waals surface area contributed by atoms with E-state index in [-0.39, 0.29) is 16.2 Å². The van der Waals surface area contributed by atoms with Gasteiger partial charge in [-0.3, -0.25) is 4.79 Å². The Morgan fingerprint density at radius 2 is 1.83 bits per heavy atom. The van der Waals surface area contributed by atoms with Crippen LogP contribution in [0.3, 0.4) is 0 Å². The number of rotatable bonds is 5. The molecule has 0 spiro atoms. The maximum absolute atomic E-state index is 12.4. The summed E-state index contributed by atoms with van der Waals surface area (Å²) >= 11 is 6.01. The summed E-state index contributed by atoms with van der Waals surface area (Å²) in [6.07, 6.45) is 0. The van der Waals surface area contributed by atoms with Gasteiger partial charge in [0.15, 0.2) is 0 Å². The summed E-state index contributed by atoms with van der Waals surface area (Å²) in [5.41, 5.74) is 0.619. The predicted molar refractivity (Wildman–Crippen MR) is 93.3 cm³/mol. The molecule has 6 nitrogen and oxygen atoms in total. The molecule has 0 unspecified atom stereocenters. The van der Waals surface area contributed by atoms with Gasteiger partial charge in [-0.1, -0.05) is 23.7 Å². The normalized spacial score (nSPS) is 11.4. The van der Waals surface area contributed by atoms with E-state index in [9.17, 15) is 13.2 Å². The standard InChI is InChI=1S/C16H17ClN2O4S/c1-19(2)24(21,22)15-10-11(8-9-14(15)23-3)16(20)18-13-7-5-4-6-12(13)17/h4-10H,1-3H3,(H,18,20). The Morgan fingerprint density at radius 1 is 1.17 bits per heavy atom. The Labute approximate surface area is 146 Å². The molecule has 128 valence electrons. The number of carbonyl (C=O) groups excluding carboxylic acids is 1. The van der Waals surface area contributed by atoms with Crippen molar-refractivity contribution in [2.45, 2.75) is 4.90 Å². The van der Waals surface area contributed by atoms with Crippen LogP contribution in [0.4, 0.5) is 5.69 Å². The van der Waals surface area contributed by atoms with Crippen LogP contribution in [0.2, 0.25) is 5.02 Å². The van der Waals surface area contributed by atoms with E-state index < -0.39 is 15.9 Å². The predicted octanol–water partition coefficient (Wildman–Crippen LogP) is 2.85. The third-order valence-corrected chi connectivity index (χ3v) is 5.47. The SMILES string of the molecule is COc1ccc(C(=O)Nc2ccccc2Cl)cc1S(=O)(=O)N(C)C. The Hall–Kier alpha value is -2.09. The van der Waals surface area contributed by atoms with Gasteiger partial charge in [0.1, 0.15) is 10.6 Å². The highest BCUT2D eigenvalue weighted by atomic mass is 35.5. The molecule has 0 saturated heterocycles. The molecule has 0 heterocycles. The van der Waals surface area contributed by atoms with Crippen LogP contribution in [0.5, 0.6) is 5.75 Å². The van der Waals surface area contributed by atoms with Gasteiger partial charge >= 0.3 is 0 Å². The largest absolute Gasteiger partial charge is 0.495 e. The maximum atomic E-state index is 12.4. The molecule has 0 radical (unpaired) electrons. The van der Waals surface area contributed by atoms with Crippen LogP contribution in [0.25, 0.3) is 0 Å². The molecule has 1 N–H and O–H groups in total. The topological polar surface area (TPSA) is 75.7 Å². The monoisotopic (exact) mass is 368 g/mol. The summed E-state index contributed by atoms with van der Waals surface area (Å²) in [5.74, 6) is -0.307. The third kappa shape index (κ3) is 3.69. The third-order valence-electron chi connectivity index (χ3n) is 3.31. The first-order chi connectivity index (χ1) is 11.3. The van der Waals surface area contributed by atoms with Crippen LogP contribution in [0.15, 0.2) is 47.4 Å². The Balaban J connectivity index is 2.42. The Kier molecular flexibility index (Phi) is 5.48. The smallest absolute Gasteiger partial charge is 0.255 e. The van der Waals surface area contributed by atoms with Crippen LogP contribution in [0.1, 0.15) is 10.4 Å². The molecule has 0 bridgehead atoms. The van der Waals surface area contributed by atoms with Gasteiger partial charge in [0.25, 0.3) is 5.91 Å². The fourth-order valence-electron chi connectivity index (χ4n) is 1.97. The number of anilines is 1. The zero-order chi connectivity index (χ0) is 17.9. The Morgan fingerprint density at radius 3 is 2.42 bits per heavy atom. The molecule has 0 saturated carbocycles. The van der Waals surface area contributed by atoms with E-state index in [4.69, 9.17) is 16.3 Å². The molecular formula is C16H17ClN2O4S. The number of methoxy groups -OCH3 is 1. The van der Waals surface area contributed by atoms with E-state index in [1.54, 1.807) is 24.3 Å². The van der Waals surface area contributed by atoms with Crippen LogP contribution >= 0.6 is 11.6 Å². The van der Waals surface area contributed by atoms with Gasteiger partial charge in [-0.15, -0.1) is 0 Å². The van der Waals surface area contributed by atoms with Crippen molar-refractivity contribution in [3.63, 3.8) is 0 Å². The van der Waals surface area contributed by atoms with Crippen molar-refractivity contribution in [2.75, 3.05) is 26.5 Å². The van der Waals surface area contributed by atoms with Crippen LogP contribution in [-0.2, 0) is 10.0 Å². The lowest BCUT2D eigenvalue weighted by Gasteiger charge is -2.15. The highest BCUT2D eigenvalue weighted by Gasteiger charge is 2.24. The summed E-state index contributed by atoms with van der Waals surface area (Å²) in [4.78, 5) is 12.3. The zero-order valence-corrected chi connectivity index (χ0v) is 15.0. The van der Waals surface area contributed by atoms with Gasteiger partial charge in [-0.2, -0.15) is 0 Å². The number of sulfonamides is 1. The molecule has 8 heteroatoms. The van der Waals surface area contributed by atoms with E-state index in [1.807, 2.05) is 0 Å². The first-order valence-electron chi connectivity index (χ1n) is 6.94. The summed E-state index contributed by atoms with van der Waals surface area (Å²) in [6, 6.07) is 11.0. The molecule has 2 aromatic carbocycles. The minimum absolute atomic E-state index is 0.0817. The average molecular weight is 369 g/mol. The Bertz CT molecular complexity index is 866. The fourth-order valence-corrected chi connectivity index (χ4v) is 3.23. The number of hydrogen-bond acceptors (Lipinski definition) is 4. The number of hydrogen-bond donors (Lipinski definition) is 1. The number of para-hydroxylation sites is 1. The fraction of sp³-hybridized carbons (Fsp3) is 0.188. The second-order valence-electron chi connectivity index (χ2n) is 5.09. The summed E-state index contributed by atoms with van der Waals surface area (Å²) in [7, 11) is 0.430. The molecule has 0 aliphatic heterocycles. The second kappa shape index (κ2) is 7.21. The first-order valence-corrected chi connectivity index (χ1v) is 8.75. The number of nitrogens with one attached hydrogen (secondary N) is 1. The second-order valence-corrected chi connectivity index (χ2v) is 7.61. The lowest BCUT2D eigenvalue weighted by Crippen LogP contribution is -2.23. The van der Waals surface area contributed by atoms with E-state index in [0.717, 1.165) is 4.31 Å². The first kappa shape index (κ1) is 18.3. The molecule has 1 amide bonds. The molecule has 24 heavy (non-hydrogen) atoms.